The smallest absolute Gasteiger partial charge is 0.311 e. The van der Waals surface area contributed by atoms with Gasteiger partial charge in [0.1, 0.15) is 22.3 Å². The normalized spacial score (nSPS) is 10.3. The minimum Gasteiger partial charge on any atom is -0.347 e. The molecular formula is C12H7ClF2N2O2. The molecule has 0 aromatic heterocycles. The third-order valence-corrected chi connectivity index (χ3v) is 2.67. The van der Waals surface area contributed by atoms with Gasteiger partial charge in [0.2, 0.25) is 0 Å². The van der Waals surface area contributed by atoms with Crippen molar-refractivity contribution in [1.82, 2.24) is 0 Å². The van der Waals surface area contributed by atoms with Gasteiger partial charge in [0, 0.05) is 6.07 Å². The molecule has 2 rings (SSSR count). The van der Waals surface area contributed by atoms with Gasteiger partial charge in [-0.05, 0) is 24.3 Å². The molecule has 0 unspecified atom stereocenters. The number of benzene rings is 2. The number of para-hydroxylation sites is 1. The van der Waals surface area contributed by atoms with Crippen LogP contribution in [-0.2, 0) is 0 Å². The molecule has 1 N–H and O–H groups in total. The van der Waals surface area contributed by atoms with E-state index >= 15 is 0 Å². The first-order chi connectivity index (χ1) is 8.99. The molecule has 2 aromatic rings. The van der Waals surface area contributed by atoms with Crippen molar-refractivity contribution in [2.24, 2.45) is 0 Å². The lowest BCUT2D eigenvalue weighted by atomic mass is 10.2. The maximum atomic E-state index is 13.5. The molecule has 7 heteroatoms. The zero-order chi connectivity index (χ0) is 14.0. The Hall–Kier alpha value is -2.21. The number of nitro groups is 1. The second kappa shape index (κ2) is 5.19. The second-order valence-corrected chi connectivity index (χ2v) is 4.05. The quantitative estimate of drug-likeness (QED) is 0.676. The Bertz CT molecular complexity index is 650. The lowest BCUT2D eigenvalue weighted by Gasteiger charge is -2.08. The molecule has 0 saturated heterocycles. The van der Waals surface area contributed by atoms with Crippen molar-refractivity contribution < 1.29 is 13.7 Å². The minimum absolute atomic E-state index is 0.0306. The summed E-state index contributed by atoms with van der Waals surface area (Å²) in [7, 11) is 0. The van der Waals surface area contributed by atoms with E-state index in [9.17, 15) is 18.9 Å². The van der Waals surface area contributed by atoms with Crippen LogP contribution in [0.25, 0.3) is 0 Å². The average molecular weight is 285 g/mol. The number of anilines is 2. The third-order valence-electron chi connectivity index (χ3n) is 2.37. The number of nitrogens with zero attached hydrogens (tertiary/aromatic N) is 1. The Kier molecular flexibility index (Phi) is 3.62. The van der Waals surface area contributed by atoms with Gasteiger partial charge in [-0.15, -0.1) is 0 Å². The van der Waals surface area contributed by atoms with Crippen molar-refractivity contribution >= 4 is 28.7 Å². The van der Waals surface area contributed by atoms with Gasteiger partial charge in [0.15, 0.2) is 0 Å². The van der Waals surface area contributed by atoms with Crippen LogP contribution in [0.15, 0.2) is 36.4 Å². The van der Waals surface area contributed by atoms with Gasteiger partial charge in [-0.3, -0.25) is 10.1 Å². The van der Waals surface area contributed by atoms with Gasteiger partial charge < -0.3 is 5.32 Å². The molecule has 0 fully saturated rings. The summed E-state index contributed by atoms with van der Waals surface area (Å²) in [6, 6.07) is 7.09. The fourth-order valence-electron chi connectivity index (χ4n) is 1.54. The van der Waals surface area contributed by atoms with Crippen LogP contribution in [-0.4, -0.2) is 4.92 Å². The summed E-state index contributed by atoms with van der Waals surface area (Å²) in [5.74, 6) is -1.59. The van der Waals surface area contributed by atoms with Crippen molar-refractivity contribution in [2.45, 2.75) is 0 Å². The van der Waals surface area contributed by atoms with Crippen molar-refractivity contribution in [2.75, 3.05) is 5.32 Å². The zero-order valence-corrected chi connectivity index (χ0v) is 10.1. The summed E-state index contributed by atoms with van der Waals surface area (Å²) in [4.78, 5) is 10.2. The number of hydrogen-bond donors (Lipinski definition) is 1. The van der Waals surface area contributed by atoms with E-state index in [2.05, 4.69) is 5.32 Å². The predicted molar refractivity (Wildman–Crippen MR) is 67.7 cm³/mol. The van der Waals surface area contributed by atoms with Gasteiger partial charge in [-0.1, -0.05) is 17.7 Å². The highest BCUT2D eigenvalue weighted by Gasteiger charge is 2.19. The first-order valence-corrected chi connectivity index (χ1v) is 5.52. The predicted octanol–water partition coefficient (Wildman–Crippen LogP) is 4.27. The lowest BCUT2D eigenvalue weighted by Crippen LogP contribution is -1.99. The average Bonchev–Trinajstić information content (AvgIpc) is 2.32. The third kappa shape index (κ3) is 2.79. The first-order valence-electron chi connectivity index (χ1n) is 5.14. The molecule has 4 nitrogen and oxygen atoms in total. The molecule has 0 radical (unpaired) electrons. The van der Waals surface area contributed by atoms with E-state index in [0.717, 1.165) is 12.1 Å². The highest BCUT2D eigenvalue weighted by molar-refractivity contribution is 6.33. The molecule has 0 atom stereocenters. The Balaban J connectivity index is 2.44. The number of nitro benzene ring substituents is 1. The van der Waals surface area contributed by atoms with Gasteiger partial charge >= 0.3 is 5.69 Å². The highest BCUT2D eigenvalue weighted by atomic mass is 35.5. The molecule has 0 aliphatic heterocycles. The molecule has 0 spiro atoms. The second-order valence-electron chi connectivity index (χ2n) is 3.64. The zero-order valence-electron chi connectivity index (χ0n) is 9.36. The van der Waals surface area contributed by atoms with Gasteiger partial charge in [0.25, 0.3) is 0 Å². The number of nitrogens with one attached hydrogen (secondary N) is 1. The highest BCUT2D eigenvalue weighted by Crippen LogP contribution is 2.34. The fourth-order valence-corrected chi connectivity index (χ4v) is 1.78. The van der Waals surface area contributed by atoms with Crippen LogP contribution in [0.3, 0.4) is 0 Å². The van der Waals surface area contributed by atoms with E-state index in [-0.39, 0.29) is 22.1 Å². The van der Waals surface area contributed by atoms with E-state index in [1.54, 1.807) is 0 Å². The Morgan fingerprint density at radius 1 is 1.16 bits per heavy atom. The van der Waals surface area contributed by atoms with E-state index in [1.807, 2.05) is 0 Å². The van der Waals surface area contributed by atoms with Gasteiger partial charge in [-0.25, -0.2) is 8.78 Å². The number of hydrogen-bond acceptors (Lipinski definition) is 3. The standard InChI is InChI=1S/C12H7ClF2N2O2/c13-8-2-1-3-11(12(8)17(18)19)16-10-5-4-7(14)6-9(10)15/h1-6,16H. The van der Waals surface area contributed by atoms with Crippen LogP contribution < -0.4 is 5.32 Å². The molecule has 0 heterocycles. The lowest BCUT2D eigenvalue weighted by molar-refractivity contribution is -0.383. The van der Waals surface area contributed by atoms with Gasteiger partial charge in [-0.2, -0.15) is 0 Å². The number of halogens is 3. The monoisotopic (exact) mass is 284 g/mol. The fraction of sp³-hybridized carbons (Fsp3) is 0. The van der Waals surface area contributed by atoms with Crippen molar-refractivity contribution in [3.63, 3.8) is 0 Å². The Morgan fingerprint density at radius 3 is 2.53 bits per heavy atom. The summed E-state index contributed by atoms with van der Waals surface area (Å²) in [6.45, 7) is 0. The molecule has 0 aliphatic rings. The van der Waals surface area contributed by atoms with E-state index < -0.39 is 16.6 Å². The summed E-state index contributed by atoms with van der Waals surface area (Å²) >= 11 is 5.72. The van der Waals surface area contributed by atoms with Crippen LogP contribution in [0.4, 0.5) is 25.8 Å². The molecule has 19 heavy (non-hydrogen) atoms. The largest absolute Gasteiger partial charge is 0.347 e. The van der Waals surface area contributed by atoms with Crippen LogP contribution in [0.1, 0.15) is 0 Å². The summed E-state index contributed by atoms with van der Waals surface area (Å²) in [5.41, 5.74) is -0.414. The Morgan fingerprint density at radius 2 is 1.89 bits per heavy atom. The molecule has 2 aromatic carbocycles. The topological polar surface area (TPSA) is 55.2 Å². The summed E-state index contributed by atoms with van der Waals surface area (Å²) in [6.07, 6.45) is 0. The summed E-state index contributed by atoms with van der Waals surface area (Å²) < 4.78 is 26.2. The SMILES string of the molecule is O=[N+]([O-])c1c(Cl)cccc1Nc1ccc(F)cc1F. The maximum absolute atomic E-state index is 13.5. The summed E-state index contributed by atoms with van der Waals surface area (Å²) in [5, 5.41) is 13.3. The first kappa shape index (κ1) is 13.2. The van der Waals surface area contributed by atoms with Gasteiger partial charge in [0.05, 0.1) is 10.6 Å². The molecule has 0 aliphatic carbocycles. The van der Waals surface area contributed by atoms with Crippen LogP contribution in [0, 0.1) is 21.7 Å². The number of rotatable bonds is 3. The minimum atomic E-state index is -0.853. The molecule has 0 saturated carbocycles. The van der Waals surface area contributed by atoms with Crippen LogP contribution in [0.5, 0.6) is 0 Å². The van der Waals surface area contributed by atoms with Crippen LogP contribution in [0.2, 0.25) is 5.02 Å². The maximum Gasteiger partial charge on any atom is 0.311 e. The molecule has 0 bridgehead atoms. The van der Waals surface area contributed by atoms with E-state index in [0.29, 0.717) is 6.07 Å². The van der Waals surface area contributed by atoms with E-state index in [1.165, 1.54) is 18.2 Å². The molecule has 0 amide bonds. The molecular weight excluding hydrogens is 278 g/mol. The van der Waals surface area contributed by atoms with Crippen molar-refractivity contribution in [3.8, 4) is 0 Å². The van der Waals surface area contributed by atoms with Crippen LogP contribution >= 0.6 is 11.6 Å². The van der Waals surface area contributed by atoms with Crippen molar-refractivity contribution in [3.05, 3.63) is 63.2 Å². The Labute approximate surface area is 111 Å². The molecule has 98 valence electrons. The van der Waals surface area contributed by atoms with Crippen molar-refractivity contribution in [1.29, 1.82) is 0 Å². The van der Waals surface area contributed by atoms with E-state index in [4.69, 9.17) is 11.6 Å².